The molecule has 0 spiro atoms. The van der Waals surface area contributed by atoms with E-state index in [0.717, 1.165) is 13.1 Å². The van der Waals surface area contributed by atoms with Gasteiger partial charge in [0.2, 0.25) is 0 Å². The van der Waals surface area contributed by atoms with Crippen molar-refractivity contribution in [1.29, 1.82) is 0 Å². The summed E-state index contributed by atoms with van der Waals surface area (Å²) in [5.74, 6) is 0. The summed E-state index contributed by atoms with van der Waals surface area (Å²) in [4.78, 5) is 0. The van der Waals surface area contributed by atoms with Crippen molar-refractivity contribution in [3.8, 4) is 0 Å². The Hall–Kier alpha value is -1.04. The average Bonchev–Trinajstić information content (AvgIpc) is 2.28. The Kier molecular flexibility index (Phi) is 1.31. The van der Waals surface area contributed by atoms with Crippen molar-refractivity contribution in [2.24, 2.45) is 0 Å². The Bertz CT molecular complexity index is 262. The van der Waals surface area contributed by atoms with Gasteiger partial charge in [0.15, 0.2) is 0 Å². The molecule has 50 valence electrons. The van der Waals surface area contributed by atoms with Gasteiger partial charge in [0.1, 0.15) is 0 Å². The van der Waals surface area contributed by atoms with Crippen LogP contribution in [0.4, 0.5) is 0 Å². The summed E-state index contributed by atoms with van der Waals surface area (Å²) in [5.41, 5.74) is 5.87. The Balaban J connectivity index is 2.44. The lowest BCUT2D eigenvalue weighted by Gasteiger charge is -1.89. The Morgan fingerprint density at radius 2 is 2.20 bits per heavy atom. The zero-order chi connectivity index (χ0) is 6.81. The van der Waals surface area contributed by atoms with Gasteiger partial charge in [-0.15, -0.1) is 5.73 Å². The Morgan fingerprint density at radius 3 is 3.20 bits per heavy atom. The van der Waals surface area contributed by atoms with Crippen molar-refractivity contribution >= 4 is 0 Å². The molecule has 0 radical (unpaired) electrons. The quantitative estimate of drug-likeness (QED) is 0.486. The van der Waals surface area contributed by atoms with Crippen LogP contribution in [-0.2, 0) is 0 Å². The molecule has 0 fully saturated rings. The molecule has 0 amide bonds. The molecule has 10 heavy (non-hydrogen) atoms. The zero-order valence-electron chi connectivity index (χ0n) is 5.72. The van der Waals surface area contributed by atoms with Crippen LogP contribution in [0.2, 0.25) is 0 Å². The summed E-state index contributed by atoms with van der Waals surface area (Å²) < 4.78 is 0. The molecule has 1 heteroatoms. The van der Waals surface area contributed by atoms with Gasteiger partial charge in [0.05, 0.1) is 0 Å². The van der Waals surface area contributed by atoms with Crippen molar-refractivity contribution in [3.05, 3.63) is 41.2 Å². The number of hydrogen-bond donors (Lipinski definition) is 1. The van der Waals surface area contributed by atoms with Crippen molar-refractivity contribution in [3.63, 3.8) is 0 Å². The van der Waals surface area contributed by atoms with E-state index in [2.05, 4.69) is 23.2 Å². The minimum Gasteiger partial charge on any atom is -0.309 e. The van der Waals surface area contributed by atoms with Crippen LogP contribution in [-0.4, -0.2) is 13.1 Å². The second kappa shape index (κ2) is 2.30. The number of nitrogens with one attached hydrogen (secondary N) is 1. The van der Waals surface area contributed by atoms with Crippen molar-refractivity contribution < 1.29 is 0 Å². The molecule has 0 aromatic carbocycles. The molecule has 0 unspecified atom stereocenters. The van der Waals surface area contributed by atoms with Gasteiger partial charge in [-0.25, -0.2) is 0 Å². The third-order valence-electron chi connectivity index (χ3n) is 1.79. The first-order valence-electron chi connectivity index (χ1n) is 3.49. The lowest BCUT2D eigenvalue weighted by Crippen LogP contribution is -2.08. The highest BCUT2D eigenvalue weighted by Gasteiger charge is 2.08. The Labute approximate surface area is 60.4 Å². The first kappa shape index (κ1) is 5.72. The second-order valence-corrected chi connectivity index (χ2v) is 2.49. The van der Waals surface area contributed by atoms with Crippen LogP contribution in [0.15, 0.2) is 41.2 Å². The third kappa shape index (κ3) is 0.860. The highest BCUT2D eigenvalue weighted by atomic mass is 14.9. The lowest BCUT2D eigenvalue weighted by atomic mass is 10.1. The maximum atomic E-state index is 3.28. The molecule has 1 heterocycles. The van der Waals surface area contributed by atoms with Gasteiger partial charge in [0.25, 0.3) is 0 Å². The monoisotopic (exact) mass is 131 g/mol. The summed E-state index contributed by atoms with van der Waals surface area (Å²) >= 11 is 0. The molecule has 0 bridgehead atoms. The van der Waals surface area contributed by atoms with E-state index in [4.69, 9.17) is 0 Å². The fourth-order valence-corrected chi connectivity index (χ4v) is 1.24. The molecule has 2 rings (SSSR count). The molecule has 0 aromatic heterocycles. The minimum absolute atomic E-state index is 1.00. The topological polar surface area (TPSA) is 12.0 Å². The van der Waals surface area contributed by atoms with Crippen LogP contribution in [0.5, 0.6) is 0 Å². The maximum absolute atomic E-state index is 3.28. The minimum atomic E-state index is 1.00. The standard InChI is InChI=1S/C9H9N/c1-2-4-8-6-10-7-9(8)5-3-1/h1-2,4-5,10H,6-7H2. The van der Waals surface area contributed by atoms with E-state index in [1.54, 1.807) is 0 Å². The third-order valence-corrected chi connectivity index (χ3v) is 1.79. The van der Waals surface area contributed by atoms with E-state index < -0.39 is 0 Å². The van der Waals surface area contributed by atoms with Gasteiger partial charge < -0.3 is 5.32 Å². The second-order valence-electron chi connectivity index (χ2n) is 2.49. The molecule has 2 aliphatic rings. The van der Waals surface area contributed by atoms with Crippen molar-refractivity contribution in [2.45, 2.75) is 0 Å². The van der Waals surface area contributed by atoms with Crippen LogP contribution in [0.3, 0.4) is 0 Å². The summed E-state index contributed by atoms with van der Waals surface area (Å²) in [6, 6.07) is 0. The van der Waals surface area contributed by atoms with Gasteiger partial charge in [0, 0.05) is 13.1 Å². The summed E-state index contributed by atoms with van der Waals surface area (Å²) in [7, 11) is 0. The van der Waals surface area contributed by atoms with Gasteiger partial charge in [-0.3, -0.25) is 0 Å². The molecule has 1 aliphatic carbocycles. The Morgan fingerprint density at radius 1 is 1.30 bits per heavy atom. The smallest absolute Gasteiger partial charge is 0.0218 e. The summed E-state index contributed by atoms with van der Waals surface area (Å²) in [6.45, 7) is 2.01. The highest BCUT2D eigenvalue weighted by molar-refractivity contribution is 5.41. The molecule has 0 saturated carbocycles. The van der Waals surface area contributed by atoms with Crippen LogP contribution >= 0.6 is 0 Å². The van der Waals surface area contributed by atoms with E-state index in [9.17, 15) is 0 Å². The largest absolute Gasteiger partial charge is 0.309 e. The predicted molar refractivity (Wildman–Crippen MR) is 41.7 cm³/mol. The number of rotatable bonds is 0. The van der Waals surface area contributed by atoms with Crippen molar-refractivity contribution in [1.82, 2.24) is 5.32 Å². The van der Waals surface area contributed by atoms with E-state index >= 15 is 0 Å². The fourth-order valence-electron chi connectivity index (χ4n) is 1.24. The normalized spacial score (nSPS) is 21.6. The van der Waals surface area contributed by atoms with Gasteiger partial charge in [-0.2, -0.15) is 0 Å². The van der Waals surface area contributed by atoms with Gasteiger partial charge in [-0.1, -0.05) is 12.2 Å². The summed E-state index contributed by atoms with van der Waals surface area (Å²) in [6.07, 6.45) is 8.17. The lowest BCUT2D eigenvalue weighted by molar-refractivity contribution is 0.874. The molecule has 0 atom stereocenters. The van der Waals surface area contributed by atoms with E-state index in [0.29, 0.717) is 0 Å². The molecule has 0 aromatic rings. The molecule has 1 aliphatic heterocycles. The van der Waals surface area contributed by atoms with Crippen LogP contribution < -0.4 is 5.32 Å². The fraction of sp³-hybridized carbons (Fsp3) is 0.222. The van der Waals surface area contributed by atoms with Crippen LogP contribution in [0.25, 0.3) is 0 Å². The van der Waals surface area contributed by atoms with E-state index in [1.807, 2.05) is 12.2 Å². The molecular weight excluding hydrogens is 122 g/mol. The van der Waals surface area contributed by atoms with Crippen LogP contribution in [0.1, 0.15) is 0 Å². The summed E-state index contributed by atoms with van der Waals surface area (Å²) in [5, 5.41) is 3.28. The van der Waals surface area contributed by atoms with Crippen LogP contribution in [0, 0.1) is 0 Å². The van der Waals surface area contributed by atoms with Gasteiger partial charge >= 0.3 is 0 Å². The molecule has 1 nitrogen and oxygen atoms in total. The maximum Gasteiger partial charge on any atom is 0.0218 e. The number of allylic oxidation sites excluding steroid dienone is 1. The van der Waals surface area contributed by atoms with Gasteiger partial charge in [-0.05, 0) is 23.3 Å². The van der Waals surface area contributed by atoms with Crippen molar-refractivity contribution in [2.75, 3.05) is 13.1 Å². The van der Waals surface area contributed by atoms with E-state index in [-0.39, 0.29) is 0 Å². The first-order valence-corrected chi connectivity index (χ1v) is 3.49. The molecule has 1 N–H and O–H groups in total. The molecule has 0 saturated heterocycles. The zero-order valence-corrected chi connectivity index (χ0v) is 5.72. The highest BCUT2D eigenvalue weighted by Crippen LogP contribution is 2.13. The van der Waals surface area contributed by atoms with E-state index in [1.165, 1.54) is 11.1 Å². The first-order chi connectivity index (χ1) is 4.97. The molecular formula is C9H9N. The number of hydrogen-bond acceptors (Lipinski definition) is 1. The predicted octanol–water partition coefficient (Wildman–Crippen LogP) is 1.17. The average molecular weight is 131 g/mol. The SMILES string of the molecule is C1=CC=CC2=C(C=1)CNC2.